The summed E-state index contributed by atoms with van der Waals surface area (Å²) in [4.78, 5) is 7.67. The average Bonchev–Trinajstić information content (AvgIpc) is 2.79. The van der Waals surface area contributed by atoms with Gasteiger partial charge in [-0.1, -0.05) is 12.1 Å². The molecule has 0 spiro atoms. The van der Waals surface area contributed by atoms with Crippen LogP contribution in [0.4, 0.5) is 0 Å². The lowest BCUT2D eigenvalue weighted by Gasteiger charge is -2.16. The van der Waals surface area contributed by atoms with Gasteiger partial charge in [0.05, 0.1) is 6.54 Å². The molecule has 1 aromatic carbocycles. The second-order valence-electron chi connectivity index (χ2n) is 4.74. The SMILES string of the molecule is NCc1nc(-c2ccc3c(c2)CCCC3)c(Br)[nH]1. The Morgan fingerprint density at radius 3 is 2.72 bits per heavy atom. The summed E-state index contributed by atoms with van der Waals surface area (Å²) in [6.07, 6.45) is 5.02. The molecule has 0 amide bonds. The first kappa shape index (κ1) is 11.9. The third-order valence-corrected chi connectivity index (χ3v) is 4.10. The number of hydrogen-bond acceptors (Lipinski definition) is 2. The highest BCUT2D eigenvalue weighted by Gasteiger charge is 2.13. The molecule has 1 aromatic heterocycles. The highest BCUT2D eigenvalue weighted by Crippen LogP contribution is 2.30. The van der Waals surface area contributed by atoms with E-state index in [0.717, 1.165) is 16.1 Å². The fourth-order valence-electron chi connectivity index (χ4n) is 2.57. The van der Waals surface area contributed by atoms with E-state index in [1.807, 2.05) is 0 Å². The summed E-state index contributed by atoms with van der Waals surface area (Å²) < 4.78 is 0.915. The standard InChI is InChI=1S/C14H16BrN3/c15-14-13(17-12(8-16)18-14)11-6-5-9-3-1-2-4-10(9)7-11/h5-7H,1-4,8,16H2,(H,17,18). The first-order valence-electron chi connectivity index (χ1n) is 6.34. The Hall–Kier alpha value is -1.13. The maximum absolute atomic E-state index is 5.61. The van der Waals surface area contributed by atoms with Gasteiger partial charge < -0.3 is 10.7 Å². The number of hydrogen-bond donors (Lipinski definition) is 2. The summed E-state index contributed by atoms with van der Waals surface area (Å²) >= 11 is 3.52. The van der Waals surface area contributed by atoms with E-state index in [9.17, 15) is 0 Å². The lowest BCUT2D eigenvalue weighted by Crippen LogP contribution is -2.02. The quantitative estimate of drug-likeness (QED) is 0.895. The van der Waals surface area contributed by atoms with Gasteiger partial charge in [-0.2, -0.15) is 0 Å². The molecule has 1 aliphatic rings. The van der Waals surface area contributed by atoms with E-state index in [2.05, 4.69) is 44.1 Å². The molecular formula is C14H16BrN3. The van der Waals surface area contributed by atoms with Crippen LogP contribution in [0.2, 0.25) is 0 Å². The molecule has 0 radical (unpaired) electrons. The minimum atomic E-state index is 0.434. The van der Waals surface area contributed by atoms with Crippen molar-refractivity contribution in [3.8, 4) is 11.3 Å². The number of nitrogens with two attached hydrogens (primary N) is 1. The van der Waals surface area contributed by atoms with Crippen molar-refractivity contribution in [3.63, 3.8) is 0 Å². The summed E-state index contributed by atoms with van der Waals surface area (Å²) in [5.74, 6) is 0.814. The van der Waals surface area contributed by atoms with Crippen LogP contribution in [0.15, 0.2) is 22.8 Å². The Morgan fingerprint density at radius 1 is 1.22 bits per heavy atom. The van der Waals surface area contributed by atoms with Gasteiger partial charge in [-0.3, -0.25) is 0 Å². The zero-order valence-corrected chi connectivity index (χ0v) is 11.8. The van der Waals surface area contributed by atoms with Crippen molar-refractivity contribution in [1.82, 2.24) is 9.97 Å². The number of benzene rings is 1. The summed E-state index contributed by atoms with van der Waals surface area (Å²) in [6, 6.07) is 6.67. The van der Waals surface area contributed by atoms with Gasteiger partial charge in [0.1, 0.15) is 16.1 Å². The van der Waals surface area contributed by atoms with Gasteiger partial charge >= 0.3 is 0 Å². The van der Waals surface area contributed by atoms with Crippen molar-refractivity contribution in [1.29, 1.82) is 0 Å². The first-order chi connectivity index (χ1) is 8.78. The Balaban J connectivity index is 2.03. The van der Waals surface area contributed by atoms with Crippen molar-refractivity contribution < 1.29 is 0 Å². The summed E-state index contributed by atoms with van der Waals surface area (Å²) in [7, 11) is 0. The van der Waals surface area contributed by atoms with Crippen LogP contribution in [0.3, 0.4) is 0 Å². The second kappa shape index (κ2) is 4.86. The van der Waals surface area contributed by atoms with Gasteiger partial charge in [-0.25, -0.2) is 4.98 Å². The molecule has 0 fully saturated rings. The molecule has 0 unspecified atom stereocenters. The zero-order chi connectivity index (χ0) is 12.5. The van der Waals surface area contributed by atoms with Gasteiger partial charge in [0.25, 0.3) is 0 Å². The molecule has 18 heavy (non-hydrogen) atoms. The molecule has 0 aliphatic heterocycles. The monoisotopic (exact) mass is 305 g/mol. The number of nitrogens with zero attached hydrogens (tertiary/aromatic N) is 1. The Kier molecular flexibility index (Phi) is 3.22. The third kappa shape index (κ3) is 2.10. The topological polar surface area (TPSA) is 54.7 Å². The van der Waals surface area contributed by atoms with Gasteiger partial charge in [-0.15, -0.1) is 0 Å². The number of imidazole rings is 1. The molecule has 4 heteroatoms. The van der Waals surface area contributed by atoms with Crippen LogP contribution in [0.5, 0.6) is 0 Å². The van der Waals surface area contributed by atoms with Crippen molar-refractivity contribution >= 4 is 15.9 Å². The Morgan fingerprint density at radius 2 is 2.00 bits per heavy atom. The van der Waals surface area contributed by atoms with E-state index in [0.29, 0.717) is 6.54 Å². The van der Waals surface area contributed by atoms with Gasteiger partial charge in [0.15, 0.2) is 0 Å². The minimum absolute atomic E-state index is 0.434. The molecule has 0 bridgehead atoms. The van der Waals surface area contributed by atoms with Crippen molar-refractivity contribution in [2.24, 2.45) is 5.73 Å². The third-order valence-electron chi connectivity index (χ3n) is 3.52. The lowest BCUT2D eigenvalue weighted by atomic mass is 9.90. The number of aryl methyl sites for hydroxylation is 2. The molecule has 3 rings (SSSR count). The van der Waals surface area contributed by atoms with Crippen LogP contribution in [0.1, 0.15) is 29.8 Å². The van der Waals surface area contributed by atoms with Crippen LogP contribution in [0.25, 0.3) is 11.3 Å². The van der Waals surface area contributed by atoms with E-state index < -0.39 is 0 Å². The smallest absolute Gasteiger partial charge is 0.121 e. The zero-order valence-electron chi connectivity index (χ0n) is 10.2. The number of nitrogens with one attached hydrogen (secondary N) is 1. The predicted octanol–water partition coefficient (Wildman–Crippen LogP) is 3.18. The van der Waals surface area contributed by atoms with Gasteiger partial charge in [0.2, 0.25) is 0 Å². The number of H-pyrrole nitrogens is 1. The fourth-order valence-corrected chi connectivity index (χ4v) is 3.11. The van der Waals surface area contributed by atoms with Gasteiger partial charge in [0, 0.05) is 5.56 Å². The molecule has 94 valence electrons. The van der Waals surface area contributed by atoms with E-state index in [1.165, 1.54) is 42.4 Å². The van der Waals surface area contributed by atoms with Crippen LogP contribution in [-0.4, -0.2) is 9.97 Å². The fraction of sp³-hybridized carbons (Fsp3) is 0.357. The Labute approximate surface area is 115 Å². The average molecular weight is 306 g/mol. The van der Waals surface area contributed by atoms with Gasteiger partial charge in [-0.05, 0) is 58.8 Å². The number of aromatic amines is 1. The van der Waals surface area contributed by atoms with E-state index in [4.69, 9.17) is 5.73 Å². The summed E-state index contributed by atoms with van der Waals surface area (Å²) in [5.41, 5.74) is 10.7. The highest BCUT2D eigenvalue weighted by atomic mass is 79.9. The molecule has 0 atom stereocenters. The van der Waals surface area contributed by atoms with Crippen molar-refractivity contribution in [2.75, 3.05) is 0 Å². The normalized spacial score (nSPS) is 14.6. The van der Waals surface area contributed by atoms with Crippen LogP contribution in [-0.2, 0) is 19.4 Å². The summed E-state index contributed by atoms with van der Waals surface area (Å²) in [6.45, 7) is 0.434. The largest absolute Gasteiger partial charge is 0.335 e. The van der Waals surface area contributed by atoms with Crippen LogP contribution in [0, 0.1) is 0 Å². The lowest BCUT2D eigenvalue weighted by molar-refractivity contribution is 0.686. The highest BCUT2D eigenvalue weighted by molar-refractivity contribution is 9.10. The molecule has 3 nitrogen and oxygen atoms in total. The molecular weight excluding hydrogens is 290 g/mol. The van der Waals surface area contributed by atoms with Crippen molar-refractivity contribution in [2.45, 2.75) is 32.2 Å². The van der Waals surface area contributed by atoms with E-state index >= 15 is 0 Å². The maximum atomic E-state index is 5.61. The second-order valence-corrected chi connectivity index (χ2v) is 5.53. The van der Waals surface area contributed by atoms with Crippen molar-refractivity contribution in [3.05, 3.63) is 39.8 Å². The predicted molar refractivity (Wildman–Crippen MR) is 76.3 cm³/mol. The molecule has 0 saturated carbocycles. The maximum Gasteiger partial charge on any atom is 0.121 e. The number of rotatable bonds is 2. The molecule has 3 N–H and O–H groups in total. The minimum Gasteiger partial charge on any atom is -0.335 e. The Bertz CT molecular complexity index is 574. The molecule has 0 saturated heterocycles. The molecule has 1 aliphatic carbocycles. The van der Waals surface area contributed by atoms with E-state index in [1.54, 1.807) is 0 Å². The first-order valence-corrected chi connectivity index (χ1v) is 7.14. The number of aromatic nitrogens is 2. The van der Waals surface area contributed by atoms with Crippen LogP contribution < -0.4 is 5.73 Å². The molecule has 1 heterocycles. The summed E-state index contributed by atoms with van der Waals surface area (Å²) in [5, 5.41) is 0. The number of halogens is 1. The number of fused-ring (bicyclic) bond motifs is 1. The van der Waals surface area contributed by atoms with Crippen LogP contribution >= 0.6 is 15.9 Å². The van der Waals surface area contributed by atoms with E-state index in [-0.39, 0.29) is 0 Å². The molecule has 2 aromatic rings.